The minimum Gasteiger partial charge on any atom is -0.244 e. The fraction of sp³-hybridized carbons (Fsp3) is 1.00. The van der Waals surface area contributed by atoms with Crippen molar-refractivity contribution in [1.82, 2.24) is 0 Å². The molecule has 2 rings (SSSR count). The second kappa shape index (κ2) is 9.28. The van der Waals surface area contributed by atoms with Gasteiger partial charge in [0, 0.05) is 0 Å². The molecule has 22 heavy (non-hydrogen) atoms. The highest BCUT2D eigenvalue weighted by molar-refractivity contribution is 4.89. The Morgan fingerprint density at radius 3 is 1.95 bits per heavy atom. The first-order valence-corrected chi connectivity index (χ1v) is 10.4. The molecule has 0 bridgehead atoms. The van der Waals surface area contributed by atoms with Crippen LogP contribution < -0.4 is 0 Å². The van der Waals surface area contributed by atoms with Crippen molar-refractivity contribution in [1.29, 1.82) is 0 Å². The van der Waals surface area contributed by atoms with Crippen LogP contribution in [0.5, 0.6) is 0 Å². The Hall–Kier alpha value is -0.0700. The van der Waals surface area contributed by atoms with E-state index in [9.17, 15) is 4.39 Å². The highest BCUT2D eigenvalue weighted by atomic mass is 19.1. The van der Waals surface area contributed by atoms with Gasteiger partial charge < -0.3 is 0 Å². The third-order valence-electron chi connectivity index (χ3n) is 6.68. The molecule has 0 saturated heterocycles. The quantitative estimate of drug-likeness (QED) is 0.408. The van der Waals surface area contributed by atoms with Crippen molar-refractivity contribution in [2.75, 3.05) is 0 Å². The lowest BCUT2D eigenvalue weighted by Crippen LogP contribution is -2.33. The molecule has 130 valence electrons. The third kappa shape index (κ3) is 5.53. The Bertz CT molecular complexity index is 282. The molecule has 0 heterocycles. The van der Waals surface area contributed by atoms with Gasteiger partial charge in [0.1, 0.15) is 5.67 Å². The summed E-state index contributed by atoms with van der Waals surface area (Å²) in [7, 11) is 0. The van der Waals surface area contributed by atoms with E-state index in [0.29, 0.717) is 0 Å². The maximum atomic E-state index is 14.7. The summed E-state index contributed by atoms with van der Waals surface area (Å²) >= 11 is 0. The topological polar surface area (TPSA) is 0 Å². The zero-order valence-electron chi connectivity index (χ0n) is 15.2. The molecule has 0 radical (unpaired) electrons. The number of rotatable bonds is 8. The fourth-order valence-electron chi connectivity index (χ4n) is 5.00. The van der Waals surface area contributed by atoms with Crippen LogP contribution in [0, 0.1) is 17.8 Å². The molecule has 0 amide bonds. The van der Waals surface area contributed by atoms with Gasteiger partial charge in [-0.15, -0.1) is 0 Å². The van der Waals surface area contributed by atoms with E-state index >= 15 is 0 Å². The van der Waals surface area contributed by atoms with E-state index < -0.39 is 5.67 Å². The molecule has 0 aromatic heterocycles. The molecule has 0 aromatic rings. The summed E-state index contributed by atoms with van der Waals surface area (Å²) in [4.78, 5) is 0. The van der Waals surface area contributed by atoms with Crippen molar-refractivity contribution in [3.8, 4) is 0 Å². The van der Waals surface area contributed by atoms with Gasteiger partial charge in [-0.25, -0.2) is 4.39 Å². The van der Waals surface area contributed by atoms with Crippen LogP contribution in [0.25, 0.3) is 0 Å². The SMILES string of the molecule is CCCCC[C@H]1CC[C@H](C2CCC(F)(CCCC)CC2)CC1. The lowest BCUT2D eigenvalue weighted by atomic mass is 9.67. The average molecular weight is 311 g/mol. The molecular formula is C21H39F. The monoisotopic (exact) mass is 310 g/mol. The molecule has 1 heteroatoms. The van der Waals surface area contributed by atoms with Crippen LogP contribution in [0.4, 0.5) is 4.39 Å². The van der Waals surface area contributed by atoms with Gasteiger partial charge in [0.2, 0.25) is 0 Å². The summed E-state index contributed by atoms with van der Waals surface area (Å²) in [6.45, 7) is 4.47. The summed E-state index contributed by atoms with van der Waals surface area (Å²) in [5.74, 6) is 2.79. The maximum Gasteiger partial charge on any atom is 0.111 e. The molecule has 0 N–H and O–H groups in total. The minimum atomic E-state index is -0.802. The van der Waals surface area contributed by atoms with E-state index in [1.165, 1.54) is 64.2 Å². The van der Waals surface area contributed by atoms with Gasteiger partial charge in [0.05, 0.1) is 0 Å². The number of halogens is 1. The number of hydrogen-bond donors (Lipinski definition) is 0. The van der Waals surface area contributed by atoms with E-state index in [2.05, 4.69) is 13.8 Å². The number of hydrogen-bond acceptors (Lipinski definition) is 0. The summed E-state index contributed by atoms with van der Waals surface area (Å²) in [6.07, 6.45) is 18.6. The second-order valence-electron chi connectivity index (χ2n) is 8.37. The van der Waals surface area contributed by atoms with Crippen molar-refractivity contribution in [2.24, 2.45) is 17.8 Å². The standard InChI is InChI=1S/C21H39F/c1-3-5-7-8-18-9-11-19(12-10-18)20-13-16-21(22,17-14-20)15-6-4-2/h18-20H,3-17H2,1-2H3/t18-,19-,20?,21?. The van der Waals surface area contributed by atoms with Crippen LogP contribution in [0.15, 0.2) is 0 Å². The molecule has 0 nitrogen and oxygen atoms in total. The Kier molecular flexibility index (Phi) is 7.71. The Labute approximate surface area is 138 Å². The Balaban J connectivity index is 1.66. The number of unbranched alkanes of at least 4 members (excludes halogenated alkanes) is 3. The van der Waals surface area contributed by atoms with Crippen molar-refractivity contribution < 1.29 is 4.39 Å². The van der Waals surface area contributed by atoms with Crippen LogP contribution in [-0.2, 0) is 0 Å². The molecule has 2 aliphatic carbocycles. The molecule has 0 unspecified atom stereocenters. The van der Waals surface area contributed by atoms with Gasteiger partial charge in [0.15, 0.2) is 0 Å². The molecule has 0 spiro atoms. The molecule has 2 fully saturated rings. The van der Waals surface area contributed by atoms with Gasteiger partial charge in [-0.2, -0.15) is 0 Å². The summed E-state index contributed by atoms with van der Waals surface area (Å²) < 4.78 is 14.7. The highest BCUT2D eigenvalue weighted by Gasteiger charge is 2.37. The summed E-state index contributed by atoms with van der Waals surface area (Å²) in [5.41, 5.74) is -0.802. The van der Waals surface area contributed by atoms with Gasteiger partial charge in [-0.05, 0) is 62.7 Å². The maximum absolute atomic E-state index is 14.7. The third-order valence-corrected chi connectivity index (χ3v) is 6.68. The van der Waals surface area contributed by atoms with E-state index in [0.717, 1.165) is 49.9 Å². The van der Waals surface area contributed by atoms with Gasteiger partial charge >= 0.3 is 0 Å². The molecule has 2 saturated carbocycles. The highest BCUT2D eigenvalue weighted by Crippen LogP contribution is 2.45. The summed E-state index contributed by atoms with van der Waals surface area (Å²) in [6, 6.07) is 0. The summed E-state index contributed by atoms with van der Waals surface area (Å²) in [5, 5.41) is 0. The minimum absolute atomic E-state index is 0.802. The zero-order valence-corrected chi connectivity index (χ0v) is 15.2. The zero-order chi connectivity index (χ0) is 15.8. The van der Waals surface area contributed by atoms with Crippen molar-refractivity contribution in [2.45, 2.75) is 116 Å². The first-order valence-electron chi connectivity index (χ1n) is 10.4. The normalized spacial score (nSPS) is 36.4. The van der Waals surface area contributed by atoms with E-state index in [4.69, 9.17) is 0 Å². The number of alkyl halides is 1. The molecule has 0 aromatic carbocycles. The molecule has 0 aliphatic heterocycles. The molecule has 2 aliphatic rings. The van der Waals surface area contributed by atoms with E-state index in [1.807, 2.05) is 0 Å². The predicted octanol–water partition coefficient (Wildman–Crippen LogP) is 7.46. The van der Waals surface area contributed by atoms with Crippen LogP contribution in [0.3, 0.4) is 0 Å². The van der Waals surface area contributed by atoms with E-state index in [-0.39, 0.29) is 0 Å². The van der Waals surface area contributed by atoms with Crippen LogP contribution in [-0.4, -0.2) is 5.67 Å². The van der Waals surface area contributed by atoms with Gasteiger partial charge in [-0.1, -0.05) is 65.2 Å². The predicted molar refractivity (Wildman–Crippen MR) is 94.9 cm³/mol. The van der Waals surface area contributed by atoms with Crippen LogP contribution >= 0.6 is 0 Å². The van der Waals surface area contributed by atoms with Crippen LogP contribution in [0.1, 0.15) is 110 Å². The van der Waals surface area contributed by atoms with Crippen LogP contribution in [0.2, 0.25) is 0 Å². The van der Waals surface area contributed by atoms with Gasteiger partial charge in [-0.3, -0.25) is 0 Å². The van der Waals surface area contributed by atoms with Crippen molar-refractivity contribution >= 4 is 0 Å². The fourth-order valence-corrected chi connectivity index (χ4v) is 5.00. The molecular weight excluding hydrogens is 271 g/mol. The smallest absolute Gasteiger partial charge is 0.111 e. The average Bonchev–Trinajstić information content (AvgIpc) is 2.55. The lowest BCUT2D eigenvalue weighted by molar-refractivity contribution is 0.0459. The second-order valence-corrected chi connectivity index (χ2v) is 8.37. The van der Waals surface area contributed by atoms with E-state index in [1.54, 1.807) is 0 Å². The first-order chi connectivity index (χ1) is 10.7. The first kappa shape index (κ1) is 18.3. The Morgan fingerprint density at radius 1 is 0.773 bits per heavy atom. The van der Waals surface area contributed by atoms with Gasteiger partial charge in [0.25, 0.3) is 0 Å². The Morgan fingerprint density at radius 2 is 1.36 bits per heavy atom. The lowest BCUT2D eigenvalue weighted by Gasteiger charge is -2.40. The van der Waals surface area contributed by atoms with Crippen molar-refractivity contribution in [3.63, 3.8) is 0 Å². The largest absolute Gasteiger partial charge is 0.244 e. The molecule has 0 atom stereocenters. The van der Waals surface area contributed by atoms with Crippen molar-refractivity contribution in [3.05, 3.63) is 0 Å².